The molecule has 3 heterocycles. The number of rotatable bonds is 3. The molecule has 2 fully saturated rings. The zero-order valence-electron chi connectivity index (χ0n) is 13.6. The van der Waals surface area contributed by atoms with Crippen LogP contribution in [0.4, 0.5) is 0 Å². The molecule has 0 bridgehead atoms. The Balaban J connectivity index is 1.61. The van der Waals surface area contributed by atoms with Crippen LogP contribution < -0.4 is 0 Å². The number of nitrogens with zero attached hydrogens (tertiary/aromatic N) is 4. The highest BCUT2D eigenvalue weighted by Gasteiger charge is 2.32. The Bertz CT molecular complexity index is 516. The summed E-state index contributed by atoms with van der Waals surface area (Å²) in [5.41, 5.74) is 0.902. The lowest BCUT2D eigenvalue weighted by Crippen LogP contribution is -2.41. The first-order valence-electron chi connectivity index (χ1n) is 8.27. The minimum absolute atomic E-state index is 0.0969. The van der Waals surface area contributed by atoms with Crippen molar-refractivity contribution in [2.45, 2.75) is 32.2 Å². The molecule has 2 aliphatic heterocycles. The van der Waals surface area contributed by atoms with Crippen LogP contribution >= 0.6 is 0 Å². The van der Waals surface area contributed by atoms with E-state index in [1.807, 2.05) is 17.9 Å². The third-order valence-electron chi connectivity index (χ3n) is 4.73. The molecule has 3 rings (SSSR count). The van der Waals surface area contributed by atoms with Gasteiger partial charge >= 0.3 is 0 Å². The summed E-state index contributed by atoms with van der Waals surface area (Å²) < 4.78 is 5.18. The Hall–Kier alpha value is -1.40. The number of likely N-dealkylation sites (N-methyl/N-ethyl adjacent to an activating group) is 1. The second kappa shape index (κ2) is 6.79. The van der Waals surface area contributed by atoms with Crippen LogP contribution in [0, 0.1) is 6.92 Å². The summed E-state index contributed by atoms with van der Waals surface area (Å²) in [6, 6.07) is 2.05. The highest BCUT2D eigenvalue weighted by Crippen LogP contribution is 2.31. The number of amides is 1. The molecule has 22 heavy (non-hydrogen) atoms. The summed E-state index contributed by atoms with van der Waals surface area (Å²) in [5, 5.41) is 4.11. The second-order valence-corrected chi connectivity index (χ2v) is 6.54. The molecule has 0 saturated carbocycles. The zero-order valence-corrected chi connectivity index (χ0v) is 13.6. The quantitative estimate of drug-likeness (QED) is 0.842. The number of aryl methyl sites for hydroxylation is 1. The molecular weight excluding hydrogens is 280 g/mol. The largest absolute Gasteiger partial charge is 0.361 e. The number of hydrogen-bond acceptors (Lipinski definition) is 5. The fourth-order valence-electron chi connectivity index (χ4n) is 3.46. The molecule has 1 unspecified atom stereocenters. The molecule has 1 atom stereocenters. The fraction of sp³-hybridized carbons (Fsp3) is 0.750. The summed E-state index contributed by atoms with van der Waals surface area (Å²) in [6.07, 6.45) is 3.17. The predicted molar refractivity (Wildman–Crippen MR) is 83.5 cm³/mol. The molecule has 1 aromatic heterocycles. The van der Waals surface area contributed by atoms with Crippen molar-refractivity contribution in [2.75, 3.05) is 46.3 Å². The van der Waals surface area contributed by atoms with Crippen molar-refractivity contribution in [3.63, 3.8) is 0 Å². The Morgan fingerprint density at radius 2 is 2.14 bits per heavy atom. The van der Waals surface area contributed by atoms with Crippen molar-refractivity contribution in [3.8, 4) is 0 Å². The number of likely N-dealkylation sites (tertiary alicyclic amines) is 1. The summed E-state index contributed by atoms with van der Waals surface area (Å²) in [5.74, 6) is 1.04. The van der Waals surface area contributed by atoms with Gasteiger partial charge in [-0.3, -0.25) is 9.69 Å². The van der Waals surface area contributed by atoms with Gasteiger partial charge in [0.05, 0.1) is 12.6 Å². The van der Waals surface area contributed by atoms with Gasteiger partial charge in [0.25, 0.3) is 0 Å². The van der Waals surface area contributed by atoms with E-state index in [-0.39, 0.29) is 11.9 Å². The van der Waals surface area contributed by atoms with Crippen LogP contribution in [0.25, 0.3) is 0 Å². The normalized spacial score (nSPS) is 24.6. The molecule has 1 aromatic rings. The number of aromatic nitrogens is 1. The predicted octanol–water partition coefficient (Wildman–Crippen LogP) is 1.28. The van der Waals surface area contributed by atoms with Gasteiger partial charge in [0, 0.05) is 25.7 Å². The van der Waals surface area contributed by atoms with Crippen molar-refractivity contribution in [1.82, 2.24) is 19.9 Å². The van der Waals surface area contributed by atoms with Gasteiger partial charge in [-0.2, -0.15) is 0 Å². The second-order valence-electron chi connectivity index (χ2n) is 6.54. The average Bonchev–Trinajstić information content (AvgIpc) is 3.08. The minimum atomic E-state index is 0.0969. The van der Waals surface area contributed by atoms with Gasteiger partial charge in [-0.1, -0.05) is 5.16 Å². The van der Waals surface area contributed by atoms with Crippen LogP contribution in [0.15, 0.2) is 10.6 Å². The van der Waals surface area contributed by atoms with Gasteiger partial charge in [-0.15, -0.1) is 0 Å². The molecule has 6 nitrogen and oxygen atoms in total. The van der Waals surface area contributed by atoms with Crippen LogP contribution in [0.1, 0.15) is 36.8 Å². The van der Waals surface area contributed by atoms with Crippen LogP contribution in [-0.2, 0) is 4.79 Å². The van der Waals surface area contributed by atoms with E-state index in [4.69, 9.17) is 4.52 Å². The first-order chi connectivity index (χ1) is 10.6. The Morgan fingerprint density at radius 3 is 2.91 bits per heavy atom. The summed E-state index contributed by atoms with van der Waals surface area (Å²) in [7, 11) is 2.15. The van der Waals surface area contributed by atoms with E-state index >= 15 is 0 Å². The number of hydrogen-bond donors (Lipinski definition) is 0. The SMILES string of the molecule is Cc1cc(C2CCCN2C(=O)CN2CCCN(C)CC2)no1. The Morgan fingerprint density at radius 1 is 1.27 bits per heavy atom. The van der Waals surface area contributed by atoms with Gasteiger partial charge in [-0.05, 0) is 46.3 Å². The van der Waals surface area contributed by atoms with Crippen LogP contribution in [0.3, 0.4) is 0 Å². The van der Waals surface area contributed by atoms with E-state index < -0.39 is 0 Å². The highest BCUT2D eigenvalue weighted by atomic mass is 16.5. The molecule has 0 aliphatic carbocycles. The van der Waals surface area contributed by atoms with Gasteiger partial charge in [0.15, 0.2) is 0 Å². The lowest BCUT2D eigenvalue weighted by atomic mass is 10.1. The van der Waals surface area contributed by atoms with E-state index in [0.717, 1.165) is 63.4 Å². The van der Waals surface area contributed by atoms with E-state index in [1.54, 1.807) is 0 Å². The molecule has 0 N–H and O–H groups in total. The summed E-state index contributed by atoms with van der Waals surface area (Å²) in [6.45, 7) is 7.41. The van der Waals surface area contributed by atoms with E-state index in [2.05, 4.69) is 22.0 Å². The van der Waals surface area contributed by atoms with E-state index in [0.29, 0.717) is 6.54 Å². The molecule has 1 amide bonds. The lowest BCUT2D eigenvalue weighted by Gasteiger charge is -2.27. The molecule has 0 spiro atoms. The summed E-state index contributed by atoms with van der Waals surface area (Å²) in [4.78, 5) is 19.3. The van der Waals surface area contributed by atoms with E-state index in [1.165, 1.54) is 0 Å². The molecular formula is C16H26N4O2. The molecule has 0 radical (unpaired) electrons. The smallest absolute Gasteiger partial charge is 0.237 e. The molecule has 122 valence electrons. The zero-order chi connectivity index (χ0) is 15.5. The molecule has 2 saturated heterocycles. The fourth-order valence-corrected chi connectivity index (χ4v) is 3.46. The van der Waals surface area contributed by atoms with Crippen molar-refractivity contribution in [1.29, 1.82) is 0 Å². The first-order valence-corrected chi connectivity index (χ1v) is 8.27. The maximum Gasteiger partial charge on any atom is 0.237 e. The van der Waals surface area contributed by atoms with Crippen molar-refractivity contribution in [3.05, 3.63) is 17.5 Å². The van der Waals surface area contributed by atoms with Crippen LogP contribution in [-0.4, -0.2) is 72.1 Å². The third-order valence-corrected chi connectivity index (χ3v) is 4.73. The topological polar surface area (TPSA) is 52.8 Å². The molecule has 6 heteroatoms. The van der Waals surface area contributed by atoms with Crippen molar-refractivity contribution < 1.29 is 9.32 Å². The van der Waals surface area contributed by atoms with Crippen LogP contribution in [0.5, 0.6) is 0 Å². The Kier molecular flexibility index (Phi) is 4.78. The summed E-state index contributed by atoms with van der Waals surface area (Å²) >= 11 is 0. The minimum Gasteiger partial charge on any atom is -0.361 e. The van der Waals surface area contributed by atoms with Gasteiger partial charge in [0.2, 0.25) is 5.91 Å². The average molecular weight is 306 g/mol. The van der Waals surface area contributed by atoms with Gasteiger partial charge in [0.1, 0.15) is 11.5 Å². The first kappa shape index (κ1) is 15.5. The monoisotopic (exact) mass is 306 g/mol. The van der Waals surface area contributed by atoms with Gasteiger partial charge < -0.3 is 14.3 Å². The highest BCUT2D eigenvalue weighted by molar-refractivity contribution is 5.79. The third kappa shape index (κ3) is 3.50. The maximum absolute atomic E-state index is 12.7. The Labute approximate surface area is 132 Å². The van der Waals surface area contributed by atoms with Crippen molar-refractivity contribution >= 4 is 5.91 Å². The van der Waals surface area contributed by atoms with Gasteiger partial charge in [-0.25, -0.2) is 0 Å². The standard InChI is InChI=1S/C16H26N4O2/c1-13-11-14(17-22-13)15-5-3-8-20(15)16(21)12-19-7-4-6-18(2)9-10-19/h11,15H,3-10,12H2,1-2H3. The molecule has 0 aromatic carbocycles. The maximum atomic E-state index is 12.7. The van der Waals surface area contributed by atoms with Crippen molar-refractivity contribution in [2.24, 2.45) is 0 Å². The molecule has 2 aliphatic rings. The lowest BCUT2D eigenvalue weighted by molar-refractivity contribution is -0.133. The van der Waals surface area contributed by atoms with E-state index in [9.17, 15) is 4.79 Å². The number of carbonyl (C=O) groups is 1. The van der Waals surface area contributed by atoms with Crippen LogP contribution in [0.2, 0.25) is 0 Å². The number of carbonyl (C=O) groups excluding carboxylic acids is 1.